The minimum Gasteiger partial charge on any atom is -0.140 e. The molecule has 164 valence electrons. The molecule has 0 aliphatic rings. The Morgan fingerprint density at radius 3 is 1.62 bits per heavy atom. The summed E-state index contributed by atoms with van der Waals surface area (Å²) in [5.74, 6) is 0. The third-order valence-corrected chi connectivity index (χ3v) is 7.59. The first kappa shape index (κ1) is 24.4. The number of hydrogen-bond donors (Lipinski definition) is 0. The number of hydrogen-bond acceptors (Lipinski definition) is 1. The zero-order chi connectivity index (χ0) is 20.6. The summed E-state index contributed by atoms with van der Waals surface area (Å²) >= 11 is 2.08. The topological polar surface area (TPSA) is 0 Å². The van der Waals surface area contributed by atoms with Crippen LogP contribution in [0, 0.1) is 0 Å². The van der Waals surface area contributed by atoms with E-state index in [0.29, 0.717) is 0 Å². The van der Waals surface area contributed by atoms with Gasteiger partial charge >= 0.3 is 0 Å². The van der Waals surface area contributed by atoms with Crippen LogP contribution in [0.5, 0.6) is 0 Å². The Kier molecular flexibility index (Phi) is 13.4. The number of rotatable bonds is 18. The van der Waals surface area contributed by atoms with Crippen LogP contribution in [-0.4, -0.2) is 0 Å². The number of thiophene rings is 1. The molecular formula is C28H46S. The summed E-state index contributed by atoms with van der Waals surface area (Å²) < 4.78 is 1.51. The van der Waals surface area contributed by atoms with E-state index in [2.05, 4.69) is 49.4 Å². The number of unbranched alkanes of at least 4 members (excludes halogenated alkanes) is 14. The first-order valence-electron chi connectivity index (χ1n) is 12.9. The van der Waals surface area contributed by atoms with Gasteiger partial charge in [0.05, 0.1) is 0 Å². The van der Waals surface area contributed by atoms with Crippen LogP contribution < -0.4 is 0 Å². The number of fused-ring (bicyclic) bond motifs is 1. The van der Waals surface area contributed by atoms with Crippen molar-refractivity contribution in [1.82, 2.24) is 0 Å². The van der Waals surface area contributed by atoms with Crippen LogP contribution in [0.25, 0.3) is 10.1 Å². The molecule has 0 atom stereocenters. The molecule has 1 heteroatoms. The summed E-state index contributed by atoms with van der Waals surface area (Å²) in [5.41, 5.74) is 1.69. The highest BCUT2D eigenvalue weighted by Crippen LogP contribution is 2.34. The molecule has 29 heavy (non-hydrogen) atoms. The zero-order valence-corrected chi connectivity index (χ0v) is 20.3. The second-order valence-corrected chi connectivity index (χ2v) is 10.1. The van der Waals surface area contributed by atoms with Crippen molar-refractivity contribution in [1.29, 1.82) is 0 Å². The normalized spacial score (nSPS) is 11.5. The SMILES string of the molecule is CCCCCCCCCCc1sc2ccccc2c1CCCCCCCCCC. The molecular weight excluding hydrogens is 368 g/mol. The molecule has 0 aliphatic heterocycles. The van der Waals surface area contributed by atoms with Crippen molar-refractivity contribution in [2.75, 3.05) is 0 Å². The summed E-state index contributed by atoms with van der Waals surface area (Å²) in [6, 6.07) is 9.13. The predicted molar refractivity (Wildman–Crippen MR) is 134 cm³/mol. The van der Waals surface area contributed by atoms with Gasteiger partial charge in [-0.25, -0.2) is 0 Å². The van der Waals surface area contributed by atoms with Gasteiger partial charge in [-0.2, -0.15) is 0 Å². The average molecular weight is 415 g/mol. The fourth-order valence-electron chi connectivity index (χ4n) is 4.48. The van der Waals surface area contributed by atoms with Crippen LogP contribution in [0.3, 0.4) is 0 Å². The minimum absolute atomic E-state index is 1.30. The molecule has 0 radical (unpaired) electrons. The van der Waals surface area contributed by atoms with Crippen molar-refractivity contribution < 1.29 is 0 Å². The zero-order valence-electron chi connectivity index (χ0n) is 19.4. The van der Waals surface area contributed by atoms with Crippen molar-refractivity contribution in [3.8, 4) is 0 Å². The maximum atomic E-state index is 2.36. The number of aryl methyl sites for hydroxylation is 2. The van der Waals surface area contributed by atoms with Gasteiger partial charge in [-0.3, -0.25) is 0 Å². The van der Waals surface area contributed by atoms with Crippen LogP contribution in [0.15, 0.2) is 24.3 Å². The minimum atomic E-state index is 1.30. The van der Waals surface area contributed by atoms with Crippen molar-refractivity contribution in [2.24, 2.45) is 0 Å². The average Bonchev–Trinajstić information content (AvgIpc) is 3.09. The largest absolute Gasteiger partial charge is 0.140 e. The van der Waals surface area contributed by atoms with Crippen LogP contribution in [0.2, 0.25) is 0 Å². The quantitative estimate of drug-likeness (QED) is 0.213. The first-order chi connectivity index (χ1) is 14.4. The lowest BCUT2D eigenvalue weighted by atomic mass is 9.99. The van der Waals surface area contributed by atoms with Gasteiger partial charge in [-0.1, -0.05) is 122 Å². The van der Waals surface area contributed by atoms with E-state index in [0.717, 1.165) is 0 Å². The monoisotopic (exact) mass is 414 g/mol. The highest BCUT2D eigenvalue weighted by Gasteiger charge is 2.11. The highest BCUT2D eigenvalue weighted by molar-refractivity contribution is 7.19. The Morgan fingerprint density at radius 1 is 0.552 bits per heavy atom. The Labute approximate surface area is 185 Å². The Balaban J connectivity index is 1.73. The third kappa shape index (κ3) is 9.69. The van der Waals surface area contributed by atoms with Crippen LogP contribution in [0.4, 0.5) is 0 Å². The molecule has 0 unspecified atom stereocenters. The van der Waals surface area contributed by atoms with Crippen molar-refractivity contribution in [2.45, 2.75) is 129 Å². The van der Waals surface area contributed by atoms with Crippen molar-refractivity contribution >= 4 is 21.4 Å². The fraction of sp³-hybridized carbons (Fsp3) is 0.714. The second-order valence-electron chi connectivity index (χ2n) is 8.95. The maximum absolute atomic E-state index is 2.36. The van der Waals surface area contributed by atoms with E-state index in [-0.39, 0.29) is 0 Å². The molecule has 2 aromatic rings. The van der Waals surface area contributed by atoms with E-state index in [1.807, 2.05) is 0 Å². The third-order valence-electron chi connectivity index (χ3n) is 6.32. The molecule has 0 saturated heterocycles. The molecule has 1 heterocycles. The molecule has 0 N–H and O–H groups in total. The molecule has 0 saturated carbocycles. The van der Waals surface area contributed by atoms with E-state index in [1.165, 1.54) is 120 Å². The van der Waals surface area contributed by atoms with Crippen molar-refractivity contribution in [3.63, 3.8) is 0 Å². The first-order valence-corrected chi connectivity index (χ1v) is 13.7. The second kappa shape index (κ2) is 15.9. The lowest BCUT2D eigenvalue weighted by Crippen LogP contribution is -1.92. The van der Waals surface area contributed by atoms with Gasteiger partial charge in [0.15, 0.2) is 0 Å². The van der Waals surface area contributed by atoms with Gasteiger partial charge in [-0.15, -0.1) is 11.3 Å². The lowest BCUT2D eigenvalue weighted by molar-refractivity contribution is 0.572. The van der Waals surface area contributed by atoms with Gasteiger partial charge in [-0.05, 0) is 42.7 Å². The van der Waals surface area contributed by atoms with E-state index < -0.39 is 0 Å². The van der Waals surface area contributed by atoms with Gasteiger partial charge in [0.25, 0.3) is 0 Å². The molecule has 2 rings (SSSR count). The van der Waals surface area contributed by atoms with E-state index in [1.54, 1.807) is 15.8 Å². The molecule has 0 spiro atoms. The van der Waals surface area contributed by atoms with E-state index in [4.69, 9.17) is 0 Å². The fourth-order valence-corrected chi connectivity index (χ4v) is 5.78. The van der Waals surface area contributed by atoms with Gasteiger partial charge in [0.1, 0.15) is 0 Å². The van der Waals surface area contributed by atoms with Crippen LogP contribution in [0.1, 0.15) is 127 Å². The van der Waals surface area contributed by atoms with E-state index in [9.17, 15) is 0 Å². The molecule has 0 bridgehead atoms. The summed E-state index contributed by atoms with van der Waals surface area (Å²) in [6.07, 6.45) is 25.2. The summed E-state index contributed by atoms with van der Waals surface area (Å²) in [6.45, 7) is 4.60. The van der Waals surface area contributed by atoms with Gasteiger partial charge < -0.3 is 0 Å². The molecule has 0 nitrogen and oxygen atoms in total. The standard InChI is InChI=1S/C28H46S/c1-3-5-7-9-11-13-15-17-21-25-26-22-19-20-24-28(26)29-27(25)23-18-16-14-12-10-8-6-4-2/h19-20,22,24H,3-18,21,23H2,1-2H3. The Hall–Kier alpha value is -0.820. The van der Waals surface area contributed by atoms with Crippen molar-refractivity contribution in [3.05, 3.63) is 34.7 Å². The lowest BCUT2D eigenvalue weighted by Gasteiger charge is -2.06. The van der Waals surface area contributed by atoms with Gasteiger partial charge in [0, 0.05) is 9.58 Å². The van der Waals surface area contributed by atoms with Crippen LogP contribution in [-0.2, 0) is 12.8 Å². The summed E-state index contributed by atoms with van der Waals surface area (Å²) in [7, 11) is 0. The van der Waals surface area contributed by atoms with E-state index >= 15 is 0 Å². The smallest absolute Gasteiger partial charge is 0.0348 e. The predicted octanol–water partition coefficient (Wildman–Crippen LogP) is 10.3. The van der Waals surface area contributed by atoms with Crippen LogP contribution >= 0.6 is 11.3 Å². The highest BCUT2D eigenvalue weighted by atomic mass is 32.1. The van der Waals surface area contributed by atoms with Gasteiger partial charge in [0.2, 0.25) is 0 Å². The summed E-state index contributed by atoms with van der Waals surface area (Å²) in [4.78, 5) is 1.69. The Morgan fingerprint density at radius 2 is 1.03 bits per heavy atom. The molecule has 0 fully saturated rings. The molecule has 0 amide bonds. The number of benzene rings is 1. The molecule has 1 aromatic heterocycles. The maximum Gasteiger partial charge on any atom is 0.0348 e. The summed E-state index contributed by atoms with van der Waals surface area (Å²) in [5, 5.41) is 1.55. The molecule has 1 aromatic carbocycles. The molecule has 0 aliphatic carbocycles. The Bertz CT molecular complexity index is 639.